The fourth-order valence-electron chi connectivity index (χ4n) is 3.39. The average Bonchev–Trinajstić information content (AvgIpc) is 3.01. The van der Waals surface area contributed by atoms with Crippen LogP contribution in [0.25, 0.3) is 0 Å². The molecule has 1 heterocycles. The highest BCUT2D eigenvalue weighted by Gasteiger charge is 2.29. The van der Waals surface area contributed by atoms with Crippen molar-refractivity contribution in [3.8, 4) is 0 Å². The molecule has 0 saturated heterocycles. The maximum absolute atomic E-state index is 2.40. The average molecular weight is 328 g/mol. The molecule has 0 aromatic heterocycles. The van der Waals surface area contributed by atoms with E-state index in [9.17, 15) is 0 Å². The number of nitrogens with zero attached hydrogens (tertiary/aromatic N) is 2. The summed E-state index contributed by atoms with van der Waals surface area (Å²) in [5.74, 6) is 0. The summed E-state index contributed by atoms with van der Waals surface area (Å²) < 4.78 is 0. The molecule has 0 radical (unpaired) electrons. The van der Waals surface area contributed by atoms with Crippen LogP contribution in [0.15, 0.2) is 78.9 Å². The lowest BCUT2D eigenvalue weighted by atomic mass is 9.86. The van der Waals surface area contributed by atoms with Crippen molar-refractivity contribution in [1.82, 2.24) is 0 Å². The molecule has 0 atom stereocenters. The van der Waals surface area contributed by atoms with Gasteiger partial charge in [0.25, 0.3) is 0 Å². The van der Waals surface area contributed by atoms with Gasteiger partial charge in [0.1, 0.15) is 6.67 Å². The number of anilines is 4. The highest BCUT2D eigenvalue weighted by Crippen LogP contribution is 2.45. The third-order valence-electron chi connectivity index (χ3n) is 4.84. The van der Waals surface area contributed by atoms with Gasteiger partial charge in [-0.05, 0) is 47.4 Å². The molecule has 0 aliphatic carbocycles. The standard InChI is InChI=1S/C23H24N2/c1-23(2,3)18-14-15-21-22(16-18)25(20-12-8-5-9-13-20)17-24(21)19-10-6-4-7-11-19/h4-16H,17H2,1-3H3. The van der Waals surface area contributed by atoms with E-state index in [2.05, 4.69) is 109 Å². The maximum Gasteiger partial charge on any atom is 0.100 e. The number of rotatable bonds is 2. The van der Waals surface area contributed by atoms with E-state index in [-0.39, 0.29) is 5.41 Å². The van der Waals surface area contributed by atoms with Gasteiger partial charge in [-0.25, -0.2) is 0 Å². The third-order valence-corrected chi connectivity index (χ3v) is 4.84. The normalized spacial score (nSPS) is 13.9. The molecule has 0 amide bonds. The minimum absolute atomic E-state index is 0.136. The van der Waals surface area contributed by atoms with E-state index in [0.717, 1.165) is 6.67 Å². The highest BCUT2D eigenvalue weighted by molar-refractivity contribution is 5.87. The smallest absolute Gasteiger partial charge is 0.100 e. The minimum atomic E-state index is 0.136. The van der Waals surface area contributed by atoms with E-state index in [0.29, 0.717) is 0 Å². The Morgan fingerprint density at radius 3 is 1.68 bits per heavy atom. The fourth-order valence-corrected chi connectivity index (χ4v) is 3.39. The zero-order valence-corrected chi connectivity index (χ0v) is 15.1. The molecule has 0 spiro atoms. The van der Waals surface area contributed by atoms with Crippen molar-refractivity contribution >= 4 is 22.7 Å². The molecule has 25 heavy (non-hydrogen) atoms. The summed E-state index contributed by atoms with van der Waals surface area (Å²) in [5.41, 5.74) is 6.50. The lowest BCUT2D eigenvalue weighted by Gasteiger charge is -2.23. The van der Waals surface area contributed by atoms with Crippen LogP contribution in [-0.2, 0) is 5.41 Å². The molecule has 3 aromatic rings. The summed E-state index contributed by atoms with van der Waals surface area (Å²) in [6, 6.07) is 28.2. The predicted molar refractivity (Wildman–Crippen MR) is 107 cm³/mol. The van der Waals surface area contributed by atoms with Gasteiger partial charge in [-0.15, -0.1) is 0 Å². The van der Waals surface area contributed by atoms with Crippen molar-refractivity contribution < 1.29 is 0 Å². The van der Waals surface area contributed by atoms with E-state index < -0.39 is 0 Å². The molecule has 126 valence electrons. The Bertz CT molecular complexity index is 864. The molecule has 0 saturated carbocycles. The Labute approximate surface area is 150 Å². The second-order valence-corrected chi connectivity index (χ2v) is 7.62. The van der Waals surface area contributed by atoms with Crippen LogP contribution in [0.1, 0.15) is 26.3 Å². The second-order valence-electron chi connectivity index (χ2n) is 7.62. The number of para-hydroxylation sites is 2. The first-order chi connectivity index (χ1) is 12.0. The van der Waals surface area contributed by atoms with Crippen LogP contribution in [-0.4, -0.2) is 6.67 Å². The van der Waals surface area contributed by atoms with Crippen molar-refractivity contribution in [2.75, 3.05) is 16.5 Å². The van der Waals surface area contributed by atoms with Crippen LogP contribution in [0.4, 0.5) is 22.7 Å². The Hall–Kier alpha value is -2.74. The van der Waals surface area contributed by atoms with Gasteiger partial charge in [-0.1, -0.05) is 63.2 Å². The van der Waals surface area contributed by atoms with Crippen molar-refractivity contribution in [2.24, 2.45) is 0 Å². The molecule has 0 unspecified atom stereocenters. The van der Waals surface area contributed by atoms with Crippen LogP contribution >= 0.6 is 0 Å². The van der Waals surface area contributed by atoms with Gasteiger partial charge < -0.3 is 9.80 Å². The van der Waals surface area contributed by atoms with E-state index >= 15 is 0 Å². The SMILES string of the molecule is CC(C)(C)c1ccc2c(c1)N(c1ccccc1)CN2c1ccccc1. The van der Waals surface area contributed by atoms with Crippen LogP contribution in [0.5, 0.6) is 0 Å². The van der Waals surface area contributed by atoms with Crippen LogP contribution in [0, 0.1) is 0 Å². The van der Waals surface area contributed by atoms with Gasteiger partial charge >= 0.3 is 0 Å². The predicted octanol–water partition coefficient (Wildman–Crippen LogP) is 6.23. The molecular formula is C23H24N2. The van der Waals surface area contributed by atoms with Gasteiger partial charge in [-0.2, -0.15) is 0 Å². The van der Waals surface area contributed by atoms with E-state index in [1.807, 2.05) is 0 Å². The molecule has 2 nitrogen and oxygen atoms in total. The topological polar surface area (TPSA) is 6.48 Å². The highest BCUT2D eigenvalue weighted by atomic mass is 15.4. The molecule has 4 rings (SSSR count). The molecule has 3 aromatic carbocycles. The van der Waals surface area contributed by atoms with E-state index in [4.69, 9.17) is 0 Å². The first-order valence-electron chi connectivity index (χ1n) is 8.84. The van der Waals surface area contributed by atoms with Gasteiger partial charge in [0.2, 0.25) is 0 Å². The first kappa shape index (κ1) is 15.8. The number of benzene rings is 3. The molecular weight excluding hydrogens is 304 g/mol. The minimum Gasteiger partial charge on any atom is -0.321 e. The zero-order chi connectivity index (χ0) is 17.4. The van der Waals surface area contributed by atoms with Gasteiger partial charge in [0.05, 0.1) is 11.4 Å². The summed E-state index contributed by atoms with van der Waals surface area (Å²) in [5, 5.41) is 0. The van der Waals surface area contributed by atoms with E-state index in [1.165, 1.54) is 28.3 Å². The van der Waals surface area contributed by atoms with Gasteiger partial charge in [-0.3, -0.25) is 0 Å². The Morgan fingerprint density at radius 1 is 0.640 bits per heavy atom. The maximum atomic E-state index is 2.40. The molecule has 0 bridgehead atoms. The molecule has 1 aliphatic rings. The molecule has 2 heteroatoms. The zero-order valence-electron chi connectivity index (χ0n) is 15.1. The van der Waals surface area contributed by atoms with Crippen molar-refractivity contribution in [2.45, 2.75) is 26.2 Å². The van der Waals surface area contributed by atoms with E-state index in [1.54, 1.807) is 0 Å². The lowest BCUT2D eigenvalue weighted by Crippen LogP contribution is -2.23. The van der Waals surface area contributed by atoms with Gasteiger partial charge in [0.15, 0.2) is 0 Å². The van der Waals surface area contributed by atoms with Crippen LogP contribution in [0.2, 0.25) is 0 Å². The Balaban J connectivity index is 1.85. The number of hydrogen-bond donors (Lipinski definition) is 0. The quantitative estimate of drug-likeness (QED) is 0.550. The van der Waals surface area contributed by atoms with Gasteiger partial charge in [0, 0.05) is 11.4 Å². The second kappa shape index (κ2) is 5.96. The molecule has 0 fully saturated rings. The summed E-state index contributed by atoms with van der Waals surface area (Å²) in [6.45, 7) is 7.64. The lowest BCUT2D eigenvalue weighted by molar-refractivity contribution is 0.590. The number of hydrogen-bond acceptors (Lipinski definition) is 2. The largest absolute Gasteiger partial charge is 0.321 e. The first-order valence-corrected chi connectivity index (χ1v) is 8.84. The van der Waals surface area contributed by atoms with Crippen molar-refractivity contribution in [3.63, 3.8) is 0 Å². The summed E-state index contributed by atoms with van der Waals surface area (Å²) in [7, 11) is 0. The fraction of sp³-hybridized carbons (Fsp3) is 0.217. The van der Waals surface area contributed by atoms with Crippen molar-refractivity contribution in [1.29, 1.82) is 0 Å². The number of fused-ring (bicyclic) bond motifs is 1. The van der Waals surface area contributed by atoms with Crippen molar-refractivity contribution in [3.05, 3.63) is 84.4 Å². The Kier molecular flexibility index (Phi) is 3.76. The third kappa shape index (κ3) is 2.89. The van der Waals surface area contributed by atoms with Crippen LogP contribution in [0.3, 0.4) is 0 Å². The van der Waals surface area contributed by atoms with Crippen LogP contribution < -0.4 is 9.80 Å². The molecule has 0 N–H and O–H groups in total. The summed E-state index contributed by atoms with van der Waals surface area (Å²) in [4.78, 5) is 4.78. The summed E-state index contributed by atoms with van der Waals surface area (Å²) in [6.07, 6.45) is 0. The molecule has 1 aliphatic heterocycles. The monoisotopic (exact) mass is 328 g/mol. The Morgan fingerprint density at radius 2 is 1.16 bits per heavy atom. The summed E-state index contributed by atoms with van der Waals surface area (Å²) >= 11 is 0.